The largest absolute Gasteiger partial charge is 0.462 e. The van der Waals surface area contributed by atoms with Gasteiger partial charge in [0.15, 0.2) is 5.82 Å². The molecule has 2 aromatic carbocycles. The molecular weight excluding hydrogens is 394 g/mol. The third-order valence-electron chi connectivity index (χ3n) is 4.42. The van der Waals surface area contributed by atoms with Gasteiger partial charge in [-0.3, -0.25) is 4.79 Å². The zero-order chi connectivity index (χ0) is 21.6. The van der Waals surface area contributed by atoms with Crippen molar-refractivity contribution in [3.05, 3.63) is 88.8 Å². The van der Waals surface area contributed by atoms with E-state index in [9.17, 15) is 9.59 Å². The van der Waals surface area contributed by atoms with Gasteiger partial charge in [0.25, 0.3) is 5.56 Å². The van der Waals surface area contributed by atoms with Crippen LogP contribution in [0.1, 0.15) is 17.3 Å². The van der Waals surface area contributed by atoms with Gasteiger partial charge in [0, 0.05) is 29.1 Å². The Morgan fingerprint density at radius 3 is 2.58 bits per heavy atom. The Balaban J connectivity index is 1.72. The minimum absolute atomic E-state index is 0.231. The molecule has 0 unspecified atom stereocenters. The Kier molecular flexibility index (Phi) is 5.79. The molecule has 0 spiro atoms. The van der Waals surface area contributed by atoms with E-state index in [0.717, 1.165) is 11.1 Å². The molecule has 0 saturated heterocycles. The van der Waals surface area contributed by atoms with Crippen LogP contribution in [0.2, 0.25) is 0 Å². The molecule has 2 N–H and O–H groups in total. The van der Waals surface area contributed by atoms with Gasteiger partial charge < -0.3 is 10.1 Å². The normalized spacial score (nSPS) is 10.5. The summed E-state index contributed by atoms with van der Waals surface area (Å²) in [5.74, 6) is 0.302. The summed E-state index contributed by atoms with van der Waals surface area (Å²) in [5, 5.41) is 9.67. The average molecular weight is 413 g/mol. The van der Waals surface area contributed by atoms with Crippen LogP contribution < -0.4 is 10.9 Å². The Labute approximate surface area is 178 Å². The molecule has 0 amide bonds. The molecule has 0 radical (unpaired) electrons. The third kappa shape index (κ3) is 4.64. The van der Waals surface area contributed by atoms with Crippen LogP contribution in [0.25, 0.3) is 22.6 Å². The van der Waals surface area contributed by atoms with E-state index in [2.05, 4.69) is 25.5 Å². The number of nitrogens with zero attached hydrogens (tertiary/aromatic N) is 3. The maximum Gasteiger partial charge on any atom is 0.343 e. The number of rotatable bonds is 6. The third-order valence-corrected chi connectivity index (χ3v) is 4.42. The molecular formula is C23H19N5O3. The lowest BCUT2D eigenvalue weighted by Gasteiger charge is -2.12. The summed E-state index contributed by atoms with van der Waals surface area (Å²) in [5.41, 5.74) is 2.87. The van der Waals surface area contributed by atoms with Crippen molar-refractivity contribution < 1.29 is 9.53 Å². The van der Waals surface area contributed by atoms with Crippen LogP contribution >= 0.6 is 0 Å². The van der Waals surface area contributed by atoms with Crippen LogP contribution in [0.4, 0.5) is 11.5 Å². The summed E-state index contributed by atoms with van der Waals surface area (Å²) < 4.78 is 5.15. The van der Waals surface area contributed by atoms with Crippen LogP contribution in [0.15, 0.2) is 77.7 Å². The predicted molar refractivity (Wildman–Crippen MR) is 117 cm³/mol. The van der Waals surface area contributed by atoms with Gasteiger partial charge in [-0.05, 0) is 25.1 Å². The zero-order valence-electron chi connectivity index (χ0n) is 16.7. The lowest BCUT2D eigenvalue weighted by molar-refractivity contribution is 0.0526. The number of ether oxygens (including phenoxy) is 1. The summed E-state index contributed by atoms with van der Waals surface area (Å²) in [4.78, 5) is 32.6. The van der Waals surface area contributed by atoms with Crippen molar-refractivity contribution in [2.45, 2.75) is 6.92 Å². The molecule has 0 aliphatic carbocycles. The summed E-state index contributed by atoms with van der Waals surface area (Å²) in [6.45, 7) is 1.98. The van der Waals surface area contributed by atoms with Crippen molar-refractivity contribution in [1.82, 2.24) is 20.2 Å². The number of hydrogen-bond acceptors (Lipinski definition) is 7. The van der Waals surface area contributed by atoms with Crippen molar-refractivity contribution in [3.63, 3.8) is 0 Å². The van der Waals surface area contributed by atoms with E-state index in [4.69, 9.17) is 4.74 Å². The highest BCUT2D eigenvalue weighted by Crippen LogP contribution is 2.26. The molecule has 31 heavy (non-hydrogen) atoms. The van der Waals surface area contributed by atoms with Crippen molar-refractivity contribution in [2.75, 3.05) is 11.9 Å². The highest BCUT2D eigenvalue weighted by atomic mass is 16.5. The number of esters is 1. The molecule has 4 aromatic rings. The van der Waals surface area contributed by atoms with E-state index >= 15 is 0 Å². The van der Waals surface area contributed by atoms with Crippen LogP contribution in [0.3, 0.4) is 0 Å². The summed E-state index contributed by atoms with van der Waals surface area (Å²) in [7, 11) is 0. The first-order valence-corrected chi connectivity index (χ1v) is 9.67. The molecule has 0 aliphatic rings. The second-order valence-corrected chi connectivity index (χ2v) is 6.55. The van der Waals surface area contributed by atoms with E-state index in [1.54, 1.807) is 13.0 Å². The molecule has 0 saturated carbocycles. The zero-order valence-corrected chi connectivity index (χ0v) is 16.7. The van der Waals surface area contributed by atoms with E-state index in [1.165, 1.54) is 12.3 Å². The molecule has 0 atom stereocenters. The standard InChI is InChI=1S/C23H19N5O3/c1-2-31-23(30)18-14-24-21(15-7-4-3-5-8-15)26-22(18)25-17-10-6-9-16(13-17)19-11-12-20(29)28-27-19/h3-14H,2H2,1H3,(H,28,29)(H,24,25,26). The molecule has 0 aliphatic heterocycles. The quantitative estimate of drug-likeness (QED) is 0.463. The molecule has 2 heterocycles. The number of carbonyl (C=O) groups is 1. The smallest absolute Gasteiger partial charge is 0.343 e. The fourth-order valence-corrected chi connectivity index (χ4v) is 2.96. The van der Waals surface area contributed by atoms with Gasteiger partial charge in [-0.15, -0.1) is 0 Å². The lowest BCUT2D eigenvalue weighted by Crippen LogP contribution is -2.11. The molecule has 0 fully saturated rings. The molecule has 8 nitrogen and oxygen atoms in total. The van der Waals surface area contributed by atoms with E-state index in [-0.39, 0.29) is 17.7 Å². The van der Waals surface area contributed by atoms with Crippen LogP contribution in [0.5, 0.6) is 0 Å². The van der Waals surface area contributed by atoms with Gasteiger partial charge >= 0.3 is 5.97 Å². The van der Waals surface area contributed by atoms with Gasteiger partial charge in [-0.1, -0.05) is 42.5 Å². The number of anilines is 2. The number of benzene rings is 2. The summed E-state index contributed by atoms with van der Waals surface area (Å²) >= 11 is 0. The monoisotopic (exact) mass is 413 g/mol. The van der Waals surface area contributed by atoms with Crippen LogP contribution in [-0.2, 0) is 4.74 Å². The Bertz CT molecular complexity index is 1250. The van der Waals surface area contributed by atoms with Crippen molar-refractivity contribution in [2.24, 2.45) is 0 Å². The SMILES string of the molecule is CCOC(=O)c1cnc(-c2ccccc2)nc1Nc1cccc(-c2ccc(=O)[nH]n2)c1. The fraction of sp³-hybridized carbons (Fsp3) is 0.0870. The summed E-state index contributed by atoms with van der Waals surface area (Å²) in [6, 6.07) is 19.9. The van der Waals surface area contributed by atoms with Crippen LogP contribution in [0, 0.1) is 0 Å². The van der Waals surface area contributed by atoms with Crippen molar-refractivity contribution >= 4 is 17.5 Å². The number of nitrogens with one attached hydrogen (secondary N) is 2. The van der Waals surface area contributed by atoms with E-state index in [1.807, 2.05) is 54.6 Å². The Morgan fingerprint density at radius 2 is 1.84 bits per heavy atom. The topological polar surface area (TPSA) is 110 Å². The summed E-state index contributed by atoms with van der Waals surface area (Å²) in [6.07, 6.45) is 1.46. The fourth-order valence-electron chi connectivity index (χ4n) is 2.96. The number of aromatic nitrogens is 4. The average Bonchev–Trinajstić information content (AvgIpc) is 2.80. The van der Waals surface area contributed by atoms with Crippen molar-refractivity contribution in [1.29, 1.82) is 0 Å². The van der Waals surface area contributed by atoms with Gasteiger partial charge in [0.2, 0.25) is 0 Å². The van der Waals surface area contributed by atoms with Gasteiger partial charge in [0.05, 0.1) is 12.3 Å². The maximum absolute atomic E-state index is 12.4. The number of aromatic amines is 1. The highest BCUT2D eigenvalue weighted by molar-refractivity contribution is 5.95. The number of carbonyl (C=O) groups excluding carboxylic acids is 1. The number of hydrogen-bond donors (Lipinski definition) is 2. The van der Waals surface area contributed by atoms with E-state index in [0.29, 0.717) is 23.0 Å². The van der Waals surface area contributed by atoms with Gasteiger partial charge in [-0.2, -0.15) is 5.10 Å². The van der Waals surface area contributed by atoms with Gasteiger partial charge in [0.1, 0.15) is 11.4 Å². The van der Waals surface area contributed by atoms with Crippen LogP contribution in [-0.4, -0.2) is 32.7 Å². The molecule has 0 bridgehead atoms. The van der Waals surface area contributed by atoms with Gasteiger partial charge in [-0.25, -0.2) is 19.9 Å². The first-order valence-electron chi connectivity index (χ1n) is 9.67. The van der Waals surface area contributed by atoms with E-state index < -0.39 is 5.97 Å². The molecule has 4 rings (SSSR count). The Hall–Kier alpha value is -4.33. The second kappa shape index (κ2) is 9.00. The minimum Gasteiger partial charge on any atom is -0.462 e. The second-order valence-electron chi connectivity index (χ2n) is 6.55. The highest BCUT2D eigenvalue weighted by Gasteiger charge is 2.17. The predicted octanol–water partition coefficient (Wildman–Crippen LogP) is 3.81. The first kappa shape index (κ1) is 20.0. The lowest BCUT2D eigenvalue weighted by atomic mass is 10.1. The number of H-pyrrole nitrogens is 1. The molecule has 2 aromatic heterocycles. The first-order chi connectivity index (χ1) is 15.1. The Morgan fingerprint density at radius 1 is 1.03 bits per heavy atom. The molecule has 8 heteroatoms. The maximum atomic E-state index is 12.4. The minimum atomic E-state index is -0.511. The van der Waals surface area contributed by atoms with Crippen molar-refractivity contribution in [3.8, 4) is 22.6 Å². The molecule has 154 valence electrons.